The summed E-state index contributed by atoms with van der Waals surface area (Å²) in [5, 5.41) is 8.09. The van der Waals surface area contributed by atoms with Gasteiger partial charge in [-0.05, 0) is 25.0 Å². The summed E-state index contributed by atoms with van der Waals surface area (Å²) in [5.74, 6) is -1.88. The molecule has 6 nitrogen and oxygen atoms in total. The van der Waals surface area contributed by atoms with Crippen LogP contribution in [0, 0.1) is 11.6 Å². The van der Waals surface area contributed by atoms with Crippen molar-refractivity contribution in [1.82, 2.24) is 19.3 Å². The highest BCUT2D eigenvalue weighted by atomic mass is 32.2. The Hall–Kier alpha value is -1.87. The fourth-order valence-corrected chi connectivity index (χ4v) is 4.07. The molecule has 22 heavy (non-hydrogen) atoms. The lowest BCUT2D eigenvalue weighted by Gasteiger charge is -2.30. The van der Waals surface area contributed by atoms with Crippen molar-refractivity contribution in [3.05, 3.63) is 42.2 Å². The van der Waals surface area contributed by atoms with Crippen molar-refractivity contribution in [2.45, 2.75) is 23.8 Å². The van der Waals surface area contributed by atoms with Gasteiger partial charge in [-0.25, -0.2) is 17.2 Å². The summed E-state index contributed by atoms with van der Waals surface area (Å²) >= 11 is 0. The molecule has 2 aromatic rings. The van der Waals surface area contributed by atoms with Gasteiger partial charge in [-0.2, -0.15) is 19.3 Å². The van der Waals surface area contributed by atoms with Crippen molar-refractivity contribution < 1.29 is 17.2 Å². The van der Waals surface area contributed by atoms with E-state index in [0.717, 1.165) is 12.1 Å². The quantitative estimate of drug-likeness (QED) is 0.858. The molecule has 1 aromatic heterocycles. The molecule has 0 saturated carbocycles. The van der Waals surface area contributed by atoms with Crippen LogP contribution < -0.4 is 0 Å². The van der Waals surface area contributed by atoms with Crippen molar-refractivity contribution in [2.24, 2.45) is 0 Å². The summed E-state index contributed by atoms with van der Waals surface area (Å²) in [4.78, 5) is 1.06. The Labute approximate surface area is 126 Å². The van der Waals surface area contributed by atoms with Crippen molar-refractivity contribution >= 4 is 10.0 Å². The summed E-state index contributed by atoms with van der Waals surface area (Å²) in [5.41, 5.74) is 0. The smallest absolute Gasteiger partial charge is 0.207 e. The number of benzene rings is 1. The molecule has 0 amide bonds. The number of rotatable bonds is 3. The van der Waals surface area contributed by atoms with Gasteiger partial charge in [-0.1, -0.05) is 0 Å². The third-order valence-electron chi connectivity index (χ3n) is 3.70. The standard InChI is InChI=1S/C13H14F2N4O2S/c14-10-1-2-13(12(15)9-10)22(20,21)18-7-3-11(4-8-18)19-16-5-6-17-19/h1-2,5-6,9,11H,3-4,7-8H2. The monoisotopic (exact) mass is 328 g/mol. The van der Waals surface area contributed by atoms with Crippen LogP contribution in [0.3, 0.4) is 0 Å². The zero-order valence-electron chi connectivity index (χ0n) is 11.6. The molecule has 3 rings (SSSR count). The van der Waals surface area contributed by atoms with Crippen LogP contribution in [0.2, 0.25) is 0 Å². The van der Waals surface area contributed by atoms with E-state index < -0.39 is 26.6 Å². The fourth-order valence-electron chi connectivity index (χ4n) is 2.55. The number of piperidine rings is 1. The molecule has 9 heteroatoms. The molecular weight excluding hydrogens is 314 g/mol. The SMILES string of the molecule is O=S(=O)(c1ccc(F)cc1F)N1CCC(n2nccn2)CC1. The van der Waals surface area contributed by atoms with E-state index in [1.54, 1.807) is 17.2 Å². The topological polar surface area (TPSA) is 68.1 Å². The first-order chi connectivity index (χ1) is 10.5. The normalized spacial score (nSPS) is 17.7. The van der Waals surface area contributed by atoms with Crippen molar-refractivity contribution in [3.8, 4) is 0 Å². The largest absolute Gasteiger partial charge is 0.245 e. The van der Waals surface area contributed by atoms with Crippen LogP contribution in [-0.4, -0.2) is 40.8 Å². The Morgan fingerprint density at radius 1 is 1.09 bits per heavy atom. The Morgan fingerprint density at radius 2 is 1.73 bits per heavy atom. The lowest BCUT2D eigenvalue weighted by Crippen LogP contribution is -2.39. The Bertz CT molecular complexity index is 756. The number of nitrogens with zero attached hydrogens (tertiary/aromatic N) is 4. The van der Waals surface area contributed by atoms with Gasteiger partial charge in [0, 0.05) is 19.2 Å². The molecule has 1 fully saturated rings. The fraction of sp³-hybridized carbons (Fsp3) is 0.385. The van der Waals surface area contributed by atoms with Gasteiger partial charge < -0.3 is 0 Å². The van der Waals surface area contributed by atoms with Gasteiger partial charge in [0.2, 0.25) is 10.0 Å². The molecule has 2 heterocycles. The third kappa shape index (κ3) is 2.73. The first-order valence-electron chi connectivity index (χ1n) is 6.79. The van der Waals surface area contributed by atoms with E-state index in [1.165, 1.54) is 4.31 Å². The molecule has 118 valence electrons. The van der Waals surface area contributed by atoms with Crippen LogP contribution in [0.25, 0.3) is 0 Å². The minimum Gasteiger partial charge on any atom is -0.207 e. The molecule has 1 aliphatic heterocycles. The predicted octanol–water partition coefficient (Wildman–Crippen LogP) is 1.58. The van der Waals surface area contributed by atoms with E-state index in [1.807, 2.05) is 0 Å². The predicted molar refractivity (Wildman–Crippen MR) is 73.4 cm³/mol. The molecule has 0 bridgehead atoms. The minimum atomic E-state index is -3.96. The van der Waals surface area contributed by atoms with Gasteiger partial charge in [0.15, 0.2) is 0 Å². The average molecular weight is 328 g/mol. The van der Waals surface area contributed by atoms with Gasteiger partial charge in [-0.15, -0.1) is 0 Å². The second-order valence-electron chi connectivity index (χ2n) is 5.06. The Morgan fingerprint density at radius 3 is 2.32 bits per heavy atom. The number of hydrogen-bond donors (Lipinski definition) is 0. The van der Waals surface area contributed by atoms with E-state index in [9.17, 15) is 17.2 Å². The maximum absolute atomic E-state index is 13.7. The third-order valence-corrected chi connectivity index (χ3v) is 5.63. The second-order valence-corrected chi connectivity index (χ2v) is 6.97. The van der Waals surface area contributed by atoms with Gasteiger partial charge in [0.1, 0.15) is 16.5 Å². The Balaban J connectivity index is 1.77. The highest BCUT2D eigenvalue weighted by Crippen LogP contribution is 2.27. The zero-order chi connectivity index (χ0) is 15.7. The molecule has 0 N–H and O–H groups in total. The van der Waals surface area contributed by atoms with E-state index >= 15 is 0 Å². The maximum Gasteiger partial charge on any atom is 0.245 e. The number of halogens is 2. The van der Waals surface area contributed by atoms with Crippen LogP contribution >= 0.6 is 0 Å². The van der Waals surface area contributed by atoms with E-state index in [2.05, 4.69) is 10.2 Å². The summed E-state index contributed by atoms with van der Waals surface area (Å²) in [6.45, 7) is 0.483. The van der Waals surface area contributed by atoms with Crippen LogP contribution in [0.1, 0.15) is 18.9 Å². The van der Waals surface area contributed by atoms with E-state index in [4.69, 9.17) is 0 Å². The molecular formula is C13H14F2N4O2S. The van der Waals surface area contributed by atoms with Crippen LogP contribution in [0.4, 0.5) is 8.78 Å². The molecule has 0 spiro atoms. The number of aromatic nitrogens is 3. The number of hydrogen-bond acceptors (Lipinski definition) is 4. The molecule has 1 aliphatic rings. The summed E-state index contributed by atoms with van der Waals surface area (Å²) in [7, 11) is -3.96. The second kappa shape index (κ2) is 5.73. The van der Waals surface area contributed by atoms with Crippen molar-refractivity contribution in [2.75, 3.05) is 13.1 Å². The Kier molecular flexibility index (Phi) is 3.92. The number of sulfonamides is 1. The first kappa shape index (κ1) is 15.0. The average Bonchev–Trinajstić information content (AvgIpc) is 3.01. The van der Waals surface area contributed by atoms with Crippen LogP contribution in [0.15, 0.2) is 35.5 Å². The summed E-state index contributed by atoms with van der Waals surface area (Å²) < 4.78 is 52.7. The summed E-state index contributed by atoms with van der Waals surface area (Å²) in [6, 6.07) is 2.50. The van der Waals surface area contributed by atoms with E-state index in [-0.39, 0.29) is 19.1 Å². The van der Waals surface area contributed by atoms with Crippen molar-refractivity contribution in [1.29, 1.82) is 0 Å². The lowest BCUT2D eigenvalue weighted by atomic mass is 10.1. The maximum atomic E-state index is 13.7. The van der Waals surface area contributed by atoms with Gasteiger partial charge in [0.05, 0.1) is 18.4 Å². The highest BCUT2D eigenvalue weighted by molar-refractivity contribution is 7.89. The van der Waals surface area contributed by atoms with Crippen molar-refractivity contribution in [3.63, 3.8) is 0 Å². The van der Waals surface area contributed by atoms with Gasteiger partial charge >= 0.3 is 0 Å². The minimum absolute atomic E-state index is 0.0273. The summed E-state index contributed by atoms with van der Waals surface area (Å²) in [6.07, 6.45) is 4.21. The molecule has 0 unspecified atom stereocenters. The molecule has 0 aliphatic carbocycles. The van der Waals surface area contributed by atoms with Gasteiger partial charge in [0.25, 0.3) is 0 Å². The van der Waals surface area contributed by atoms with Crippen LogP contribution in [-0.2, 0) is 10.0 Å². The molecule has 0 radical (unpaired) electrons. The molecule has 1 saturated heterocycles. The lowest BCUT2D eigenvalue weighted by molar-refractivity contribution is 0.244. The molecule has 0 atom stereocenters. The zero-order valence-corrected chi connectivity index (χ0v) is 12.4. The van der Waals surface area contributed by atoms with E-state index in [0.29, 0.717) is 18.9 Å². The molecule has 1 aromatic carbocycles. The highest BCUT2D eigenvalue weighted by Gasteiger charge is 2.32. The van der Waals surface area contributed by atoms with Gasteiger partial charge in [-0.3, -0.25) is 0 Å². The first-order valence-corrected chi connectivity index (χ1v) is 8.23. The van der Waals surface area contributed by atoms with Crippen LogP contribution in [0.5, 0.6) is 0 Å².